The Morgan fingerprint density at radius 1 is 1.22 bits per heavy atom. The zero-order chi connectivity index (χ0) is 24.1. The van der Waals surface area contributed by atoms with Gasteiger partial charge in [0.15, 0.2) is 5.03 Å². The molecule has 6 N–H and O–H groups in total. The first-order valence-corrected chi connectivity index (χ1v) is 9.81. The largest absolute Gasteiger partial charge is 0.480 e. The van der Waals surface area contributed by atoms with Crippen molar-refractivity contribution in [3.8, 4) is 0 Å². The van der Waals surface area contributed by atoms with E-state index < -0.39 is 41.0 Å². The first kappa shape index (κ1) is 26.1. The Bertz CT molecular complexity index is 816. The predicted octanol–water partition coefficient (Wildman–Crippen LogP) is 0.383. The van der Waals surface area contributed by atoms with Crippen LogP contribution in [0.2, 0.25) is 0 Å². The molecular formula is C19H28N6O7. The number of ether oxygens (including phenoxy) is 1. The first-order chi connectivity index (χ1) is 15.1. The number of alkyl carbamates (subject to hydrolysis) is 1. The first-order valence-electron chi connectivity index (χ1n) is 9.81. The molecule has 2 amide bonds. The Hall–Kier alpha value is -3.90. The zero-order valence-corrected chi connectivity index (χ0v) is 17.8. The van der Waals surface area contributed by atoms with Crippen molar-refractivity contribution in [1.29, 1.82) is 0 Å². The van der Waals surface area contributed by atoms with Crippen LogP contribution in [0.4, 0.5) is 4.79 Å². The number of nitrogens with two attached hydrogens (primary N) is 1. The molecule has 32 heavy (non-hydrogen) atoms. The number of hydrazine groups is 1. The van der Waals surface area contributed by atoms with E-state index >= 15 is 0 Å². The van der Waals surface area contributed by atoms with E-state index in [-0.39, 0.29) is 31.9 Å². The van der Waals surface area contributed by atoms with Gasteiger partial charge in [-0.25, -0.2) is 24.7 Å². The van der Waals surface area contributed by atoms with Gasteiger partial charge in [-0.2, -0.15) is 0 Å². The average molecular weight is 452 g/mol. The lowest BCUT2D eigenvalue weighted by Crippen LogP contribution is -2.53. The van der Waals surface area contributed by atoms with Gasteiger partial charge >= 0.3 is 12.1 Å². The zero-order valence-electron chi connectivity index (χ0n) is 17.8. The number of carbonyl (C=O) groups excluding carboxylic acids is 2. The summed E-state index contributed by atoms with van der Waals surface area (Å²) < 4.78 is 5.11. The van der Waals surface area contributed by atoms with E-state index in [1.54, 1.807) is 43.5 Å². The number of rotatable bonds is 12. The molecule has 13 heteroatoms. The second-order valence-electron chi connectivity index (χ2n) is 7.11. The molecule has 1 aromatic rings. The van der Waals surface area contributed by atoms with Crippen molar-refractivity contribution in [2.75, 3.05) is 6.54 Å². The van der Waals surface area contributed by atoms with Crippen molar-refractivity contribution < 1.29 is 29.3 Å². The number of guanidine groups is 1. The number of aliphatic imine (C=N–C) groups is 1. The van der Waals surface area contributed by atoms with E-state index in [1.165, 1.54) is 0 Å². The Labute approximate surface area is 184 Å². The van der Waals surface area contributed by atoms with Crippen LogP contribution in [0.3, 0.4) is 0 Å². The average Bonchev–Trinajstić information content (AvgIpc) is 2.72. The van der Waals surface area contributed by atoms with Gasteiger partial charge in [0.2, 0.25) is 5.91 Å². The van der Waals surface area contributed by atoms with Gasteiger partial charge < -0.3 is 26.2 Å². The van der Waals surface area contributed by atoms with Crippen LogP contribution in [0.1, 0.15) is 32.3 Å². The number of hydrogen-bond donors (Lipinski definition) is 5. The van der Waals surface area contributed by atoms with E-state index in [0.29, 0.717) is 0 Å². The van der Waals surface area contributed by atoms with E-state index in [1.807, 2.05) is 6.07 Å². The van der Waals surface area contributed by atoms with Gasteiger partial charge in [-0.3, -0.25) is 4.79 Å². The lowest BCUT2D eigenvalue weighted by molar-refractivity contribution is -0.525. The van der Waals surface area contributed by atoms with E-state index in [0.717, 1.165) is 5.56 Å². The molecule has 176 valence electrons. The number of hydrogen-bond acceptors (Lipinski definition) is 7. The highest BCUT2D eigenvalue weighted by atomic mass is 16.7. The van der Waals surface area contributed by atoms with Crippen LogP contribution in [0.15, 0.2) is 35.3 Å². The number of nitrogens with zero attached hydrogens (tertiary/aromatic N) is 2. The van der Waals surface area contributed by atoms with Gasteiger partial charge in [0.1, 0.15) is 18.7 Å². The lowest BCUT2D eigenvalue weighted by atomic mass is 10.0. The topological polar surface area (TPSA) is 198 Å². The Balaban J connectivity index is 2.59. The lowest BCUT2D eigenvalue weighted by Gasteiger charge is -2.23. The summed E-state index contributed by atoms with van der Waals surface area (Å²) in [5.41, 5.74) is 7.71. The molecule has 0 aliphatic rings. The van der Waals surface area contributed by atoms with Crippen molar-refractivity contribution in [3.05, 3.63) is 46.0 Å². The van der Waals surface area contributed by atoms with Crippen LogP contribution >= 0.6 is 0 Å². The van der Waals surface area contributed by atoms with Gasteiger partial charge in [0, 0.05) is 6.54 Å². The molecule has 0 aromatic heterocycles. The monoisotopic (exact) mass is 452 g/mol. The van der Waals surface area contributed by atoms with Gasteiger partial charge in [0.25, 0.3) is 5.96 Å². The molecule has 1 aromatic carbocycles. The minimum Gasteiger partial charge on any atom is -0.480 e. The molecule has 0 saturated heterocycles. The molecule has 1 rings (SSSR count). The number of amides is 2. The summed E-state index contributed by atoms with van der Waals surface area (Å²) in [5, 5.41) is 23.6. The molecule has 0 fully saturated rings. The van der Waals surface area contributed by atoms with Crippen molar-refractivity contribution in [1.82, 2.24) is 16.1 Å². The number of carbonyl (C=O) groups is 3. The summed E-state index contributed by atoms with van der Waals surface area (Å²) in [6.07, 6.45) is -0.617. The molecule has 13 nitrogen and oxygen atoms in total. The minimum absolute atomic E-state index is 0.000410. The van der Waals surface area contributed by atoms with Crippen molar-refractivity contribution in [2.45, 2.75) is 45.4 Å². The van der Waals surface area contributed by atoms with Gasteiger partial charge in [-0.15, -0.1) is 0 Å². The van der Waals surface area contributed by atoms with Crippen molar-refractivity contribution in [2.24, 2.45) is 16.6 Å². The standard InChI is InChI=1S/C19H28N6O7/c1-12(2)15(23-19(29)32-11-13-7-4-3-5-8-13)16(26)22-14(17(27)28)9-6-10-21-18(20)24-25(30)31/h3-5,7-8,12,14-15H,6,9-11H2,1-2H3,(H,22,26)(H,23,29)(H,27,28)(H3,20,21,24)/t14-,15-/m1/s1. The summed E-state index contributed by atoms with van der Waals surface area (Å²) >= 11 is 0. The molecule has 0 bridgehead atoms. The Kier molecular flexibility index (Phi) is 11.0. The van der Waals surface area contributed by atoms with Crippen LogP contribution in [-0.4, -0.2) is 52.7 Å². The quantitative estimate of drug-likeness (QED) is 0.0978. The molecule has 0 saturated carbocycles. The van der Waals surface area contributed by atoms with Crippen molar-refractivity contribution >= 4 is 23.9 Å². The minimum atomic E-state index is -1.27. The second kappa shape index (κ2) is 13.4. The summed E-state index contributed by atoms with van der Waals surface area (Å²) in [7, 11) is 0. The fourth-order valence-corrected chi connectivity index (χ4v) is 2.57. The summed E-state index contributed by atoms with van der Waals surface area (Å²) in [6, 6.07) is 6.72. The van der Waals surface area contributed by atoms with Crippen LogP contribution in [-0.2, 0) is 20.9 Å². The number of benzene rings is 1. The van der Waals surface area contributed by atoms with Gasteiger partial charge in [-0.05, 0) is 24.3 Å². The highest BCUT2D eigenvalue weighted by Gasteiger charge is 2.28. The van der Waals surface area contributed by atoms with E-state index in [2.05, 4.69) is 15.6 Å². The third-order valence-corrected chi connectivity index (χ3v) is 4.19. The van der Waals surface area contributed by atoms with Crippen LogP contribution in [0.25, 0.3) is 0 Å². The molecular weight excluding hydrogens is 424 g/mol. The maximum Gasteiger partial charge on any atom is 0.408 e. The molecule has 0 aliphatic heterocycles. The summed E-state index contributed by atoms with van der Waals surface area (Å²) in [6.45, 7) is 3.42. The molecule has 0 aliphatic carbocycles. The maximum absolute atomic E-state index is 12.6. The van der Waals surface area contributed by atoms with Gasteiger partial charge in [-0.1, -0.05) is 49.6 Å². The smallest absolute Gasteiger partial charge is 0.408 e. The molecule has 0 unspecified atom stereocenters. The highest BCUT2D eigenvalue weighted by Crippen LogP contribution is 2.07. The van der Waals surface area contributed by atoms with Crippen LogP contribution in [0.5, 0.6) is 0 Å². The van der Waals surface area contributed by atoms with Crippen molar-refractivity contribution in [3.63, 3.8) is 0 Å². The number of nitrogens with one attached hydrogen (secondary N) is 3. The van der Waals surface area contributed by atoms with Crippen LogP contribution < -0.4 is 21.8 Å². The second-order valence-corrected chi connectivity index (χ2v) is 7.11. The number of nitro groups is 1. The fourth-order valence-electron chi connectivity index (χ4n) is 2.57. The molecule has 0 spiro atoms. The number of carboxylic acid groups (broad SMARTS) is 1. The Morgan fingerprint density at radius 2 is 1.88 bits per heavy atom. The normalized spacial score (nSPS) is 13.0. The maximum atomic E-state index is 12.6. The molecule has 0 radical (unpaired) electrons. The van der Waals surface area contributed by atoms with Gasteiger partial charge in [0.05, 0.1) is 0 Å². The van der Waals surface area contributed by atoms with Crippen LogP contribution in [0, 0.1) is 16.0 Å². The number of aliphatic carboxylic acids is 1. The SMILES string of the molecule is CC(C)[C@@H](NC(=O)OCc1ccccc1)C(=O)N[C@H](CCCN=C(N)N[N+](=O)[O-])C(=O)O. The predicted molar refractivity (Wildman–Crippen MR) is 114 cm³/mol. The third kappa shape index (κ3) is 10.2. The van der Waals surface area contributed by atoms with E-state index in [9.17, 15) is 29.6 Å². The highest BCUT2D eigenvalue weighted by molar-refractivity contribution is 5.89. The molecule has 0 heterocycles. The molecule has 2 atom stereocenters. The summed E-state index contributed by atoms with van der Waals surface area (Å²) in [4.78, 5) is 50.1. The summed E-state index contributed by atoms with van der Waals surface area (Å²) in [5.74, 6) is -2.70. The third-order valence-electron chi connectivity index (χ3n) is 4.19. The number of carboxylic acids is 1. The van der Waals surface area contributed by atoms with E-state index in [4.69, 9.17) is 10.5 Å². The fraction of sp³-hybridized carbons (Fsp3) is 0.474. The Morgan fingerprint density at radius 3 is 2.44 bits per heavy atom.